The summed E-state index contributed by atoms with van der Waals surface area (Å²) in [6.45, 7) is 4.09. The summed E-state index contributed by atoms with van der Waals surface area (Å²) in [6, 6.07) is 2.27. The Morgan fingerprint density at radius 3 is 2.34 bits per heavy atom. The second-order valence-electron chi connectivity index (χ2n) is 8.28. The van der Waals surface area contributed by atoms with Gasteiger partial charge in [0, 0.05) is 38.9 Å². The van der Waals surface area contributed by atoms with Gasteiger partial charge in [-0.05, 0) is 24.8 Å². The smallest absolute Gasteiger partial charge is 0.332 e. The fourth-order valence-corrected chi connectivity index (χ4v) is 5.22. The van der Waals surface area contributed by atoms with Gasteiger partial charge in [0.25, 0.3) is 11.1 Å². The predicted molar refractivity (Wildman–Crippen MR) is 118 cm³/mol. The highest BCUT2D eigenvalue weighted by Crippen LogP contribution is 2.20. The first kappa shape index (κ1) is 23.7. The molecule has 2 aromatic heterocycles. The van der Waals surface area contributed by atoms with Gasteiger partial charge in [-0.2, -0.15) is 4.31 Å². The van der Waals surface area contributed by atoms with Gasteiger partial charge in [0.2, 0.25) is 10.0 Å². The maximum Gasteiger partial charge on any atom is 0.332 e. The maximum absolute atomic E-state index is 13.0. The van der Waals surface area contributed by atoms with E-state index in [4.69, 9.17) is 5.73 Å². The summed E-state index contributed by atoms with van der Waals surface area (Å²) in [6.07, 6.45) is 2.61. The van der Waals surface area contributed by atoms with Gasteiger partial charge in [0.15, 0.2) is 5.78 Å². The van der Waals surface area contributed by atoms with Crippen LogP contribution in [0.25, 0.3) is 0 Å². The van der Waals surface area contributed by atoms with Crippen molar-refractivity contribution in [3.8, 4) is 0 Å². The predicted octanol–water partition coefficient (Wildman–Crippen LogP) is -0.386. The molecular formula is C20H27N5O6S. The quantitative estimate of drug-likeness (QED) is 0.548. The summed E-state index contributed by atoms with van der Waals surface area (Å²) in [5, 5.41) is 0. The molecule has 0 spiro atoms. The number of sulfonamides is 1. The van der Waals surface area contributed by atoms with Crippen LogP contribution < -0.4 is 22.5 Å². The summed E-state index contributed by atoms with van der Waals surface area (Å²) in [5.74, 6) is -1.05. The average Bonchev–Trinajstić information content (AvgIpc) is 3.27. The highest BCUT2D eigenvalue weighted by Gasteiger charge is 2.28. The Morgan fingerprint density at radius 2 is 1.75 bits per heavy atom. The minimum absolute atomic E-state index is 0.0190. The molecule has 0 aromatic carbocycles. The Bertz CT molecular complexity index is 1330. The third-order valence-electron chi connectivity index (χ3n) is 5.38. The number of Topliss-reactive ketones (excluding diaryl/α,β-unsaturated/α-hetero) is 1. The zero-order chi connectivity index (χ0) is 23.8. The molecule has 0 amide bonds. The SMILES string of the molecule is CC(C)Cn1c(N)c(C(=O)Cn2cc(S(=O)(=O)N3CCCC3)ccc2=O)c(=O)n(C)c1=O. The van der Waals surface area contributed by atoms with Crippen molar-refractivity contribution in [3.05, 3.63) is 55.1 Å². The van der Waals surface area contributed by atoms with Gasteiger partial charge in [-0.15, -0.1) is 0 Å². The normalized spacial score (nSPS) is 14.9. The van der Waals surface area contributed by atoms with Crippen LogP contribution in [0.3, 0.4) is 0 Å². The Balaban J connectivity index is 2.03. The molecule has 1 saturated heterocycles. The number of anilines is 1. The lowest BCUT2D eigenvalue weighted by Gasteiger charge is -2.17. The first-order valence-corrected chi connectivity index (χ1v) is 11.7. The van der Waals surface area contributed by atoms with Crippen molar-refractivity contribution in [1.82, 2.24) is 18.0 Å². The van der Waals surface area contributed by atoms with Crippen molar-refractivity contribution in [2.45, 2.75) is 44.7 Å². The maximum atomic E-state index is 13.0. The van der Waals surface area contributed by atoms with Crippen LogP contribution in [0.15, 0.2) is 37.6 Å². The molecule has 3 heterocycles. The topological polar surface area (TPSA) is 146 Å². The van der Waals surface area contributed by atoms with E-state index in [0.717, 1.165) is 38.8 Å². The number of hydrogen-bond donors (Lipinski definition) is 1. The van der Waals surface area contributed by atoms with Gasteiger partial charge < -0.3 is 10.3 Å². The number of aromatic nitrogens is 3. The monoisotopic (exact) mass is 465 g/mol. The highest BCUT2D eigenvalue weighted by molar-refractivity contribution is 7.89. The molecule has 3 rings (SSSR count). The van der Waals surface area contributed by atoms with E-state index in [2.05, 4.69) is 0 Å². The van der Waals surface area contributed by atoms with E-state index in [-0.39, 0.29) is 23.2 Å². The largest absolute Gasteiger partial charge is 0.384 e. The van der Waals surface area contributed by atoms with E-state index in [1.807, 2.05) is 13.8 Å². The van der Waals surface area contributed by atoms with E-state index in [1.54, 1.807) is 0 Å². The lowest BCUT2D eigenvalue weighted by Crippen LogP contribution is -2.43. The highest BCUT2D eigenvalue weighted by atomic mass is 32.2. The number of hydrogen-bond acceptors (Lipinski definition) is 7. The number of nitrogens with two attached hydrogens (primary N) is 1. The molecule has 0 saturated carbocycles. The molecule has 0 radical (unpaired) electrons. The third kappa shape index (κ3) is 4.32. The molecule has 2 aromatic rings. The first-order valence-electron chi connectivity index (χ1n) is 10.3. The zero-order valence-electron chi connectivity index (χ0n) is 18.3. The first-order chi connectivity index (χ1) is 14.9. The van der Waals surface area contributed by atoms with E-state index in [1.165, 1.54) is 17.4 Å². The Labute approximate surface area is 184 Å². The molecule has 0 atom stereocenters. The summed E-state index contributed by atoms with van der Waals surface area (Å²) in [7, 11) is -2.56. The van der Waals surface area contributed by atoms with E-state index < -0.39 is 44.7 Å². The van der Waals surface area contributed by atoms with Crippen molar-refractivity contribution >= 4 is 21.6 Å². The van der Waals surface area contributed by atoms with Crippen LogP contribution in [0, 0.1) is 5.92 Å². The van der Waals surface area contributed by atoms with Gasteiger partial charge >= 0.3 is 5.69 Å². The zero-order valence-corrected chi connectivity index (χ0v) is 19.1. The summed E-state index contributed by atoms with van der Waals surface area (Å²) < 4.78 is 29.8. The van der Waals surface area contributed by atoms with Crippen molar-refractivity contribution < 1.29 is 13.2 Å². The summed E-state index contributed by atoms with van der Waals surface area (Å²) >= 11 is 0. The van der Waals surface area contributed by atoms with Crippen LogP contribution in [0.1, 0.15) is 37.0 Å². The number of nitrogens with zero attached hydrogens (tertiary/aromatic N) is 4. The van der Waals surface area contributed by atoms with Crippen LogP contribution in [0.5, 0.6) is 0 Å². The molecule has 1 aliphatic heterocycles. The number of carbonyl (C=O) groups excluding carboxylic acids is 1. The second-order valence-corrected chi connectivity index (χ2v) is 10.2. The number of ketones is 1. The van der Waals surface area contributed by atoms with Gasteiger partial charge in [-0.1, -0.05) is 13.8 Å². The van der Waals surface area contributed by atoms with Crippen molar-refractivity contribution in [2.75, 3.05) is 18.8 Å². The molecular weight excluding hydrogens is 438 g/mol. The molecule has 32 heavy (non-hydrogen) atoms. The lowest BCUT2D eigenvalue weighted by molar-refractivity contribution is 0.0968. The Hall–Kier alpha value is -2.99. The third-order valence-corrected chi connectivity index (χ3v) is 7.27. The number of nitrogen functional groups attached to an aromatic ring is 1. The van der Waals surface area contributed by atoms with Crippen molar-refractivity contribution in [3.63, 3.8) is 0 Å². The minimum atomic E-state index is -3.80. The number of rotatable bonds is 7. The van der Waals surface area contributed by atoms with Crippen LogP contribution in [-0.4, -0.2) is 45.3 Å². The van der Waals surface area contributed by atoms with Crippen molar-refractivity contribution in [2.24, 2.45) is 13.0 Å². The van der Waals surface area contributed by atoms with E-state index in [9.17, 15) is 27.6 Å². The fraction of sp³-hybridized carbons (Fsp3) is 0.500. The molecule has 0 bridgehead atoms. The Morgan fingerprint density at radius 1 is 1.12 bits per heavy atom. The van der Waals surface area contributed by atoms with Gasteiger partial charge in [-0.3, -0.25) is 23.5 Å². The van der Waals surface area contributed by atoms with Gasteiger partial charge in [0.05, 0.1) is 11.4 Å². The Kier molecular flexibility index (Phi) is 6.56. The molecule has 1 aliphatic rings. The molecule has 1 fully saturated rings. The van der Waals surface area contributed by atoms with Gasteiger partial charge in [-0.25, -0.2) is 13.2 Å². The number of carbonyl (C=O) groups is 1. The fourth-order valence-electron chi connectivity index (χ4n) is 3.68. The van der Waals surface area contributed by atoms with Crippen molar-refractivity contribution in [1.29, 1.82) is 0 Å². The minimum Gasteiger partial charge on any atom is -0.384 e. The molecule has 12 heteroatoms. The second kappa shape index (κ2) is 8.87. The van der Waals surface area contributed by atoms with E-state index >= 15 is 0 Å². The van der Waals surface area contributed by atoms with Crippen LogP contribution in [0.4, 0.5) is 5.82 Å². The molecule has 2 N–H and O–H groups in total. The average molecular weight is 466 g/mol. The molecule has 0 aliphatic carbocycles. The van der Waals surface area contributed by atoms with Crippen LogP contribution >= 0.6 is 0 Å². The molecule has 0 unspecified atom stereocenters. The van der Waals surface area contributed by atoms with Crippen LogP contribution in [0.2, 0.25) is 0 Å². The number of pyridine rings is 1. The summed E-state index contributed by atoms with van der Waals surface area (Å²) in [4.78, 5) is 50.3. The standard InChI is InChI=1S/C20H27N5O6S/c1-13(2)10-25-18(21)17(19(28)22(3)20(25)29)15(26)12-23-11-14(6-7-16(23)27)32(30,31)24-8-4-5-9-24/h6-7,11,13H,4-5,8-10,12,21H2,1-3H3. The molecule has 11 nitrogen and oxygen atoms in total. The lowest BCUT2D eigenvalue weighted by atomic mass is 10.1. The van der Waals surface area contributed by atoms with Gasteiger partial charge in [0.1, 0.15) is 11.4 Å². The van der Waals surface area contributed by atoms with Crippen LogP contribution in [-0.2, 0) is 30.2 Å². The summed E-state index contributed by atoms with van der Waals surface area (Å²) in [5.41, 5.74) is 3.49. The van der Waals surface area contributed by atoms with E-state index in [0.29, 0.717) is 13.1 Å². The molecule has 174 valence electrons.